The van der Waals surface area contributed by atoms with E-state index < -0.39 is 5.82 Å². The van der Waals surface area contributed by atoms with Crippen molar-refractivity contribution >= 4 is 5.78 Å². The highest BCUT2D eigenvalue weighted by Gasteiger charge is 2.12. The summed E-state index contributed by atoms with van der Waals surface area (Å²) in [4.78, 5) is 12.3. The van der Waals surface area contributed by atoms with E-state index in [1.165, 1.54) is 24.8 Å². The molecule has 0 bridgehead atoms. The lowest BCUT2D eigenvalue weighted by atomic mass is 9.98. The zero-order valence-corrected chi connectivity index (χ0v) is 11.8. The molecule has 0 fully saturated rings. The van der Waals surface area contributed by atoms with E-state index in [1.54, 1.807) is 18.2 Å². The minimum absolute atomic E-state index is 0.136. The monoisotopic (exact) mass is 272 g/mol. The van der Waals surface area contributed by atoms with Crippen LogP contribution in [0.4, 0.5) is 4.39 Å². The number of halogens is 1. The molecular weight excluding hydrogens is 255 g/mol. The van der Waals surface area contributed by atoms with Crippen molar-refractivity contribution in [3.63, 3.8) is 0 Å². The Morgan fingerprint density at radius 2 is 1.65 bits per heavy atom. The van der Waals surface area contributed by atoms with Crippen LogP contribution in [0.25, 0.3) is 0 Å². The molecule has 0 aliphatic rings. The standard InChI is InChI=1S/C17H17FO2/c1-11(2)12-4-6-13(7-5-12)17(19)14-8-9-16(20-3)15(18)10-14/h4-11H,1-3H3. The molecule has 2 nitrogen and oxygen atoms in total. The van der Waals surface area contributed by atoms with Gasteiger partial charge >= 0.3 is 0 Å². The largest absolute Gasteiger partial charge is 0.494 e. The zero-order valence-electron chi connectivity index (χ0n) is 11.8. The third-order valence-electron chi connectivity index (χ3n) is 3.25. The molecule has 0 spiro atoms. The first-order chi connectivity index (χ1) is 9.52. The molecule has 20 heavy (non-hydrogen) atoms. The molecule has 104 valence electrons. The number of rotatable bonds is 4. The highest BCUT2D eigenvalue weighted by atomic mass is 19.1. The molecule has 0 saturated heterocycles. The van der Waals surface area contributed by atoms with Gasteiger partial charge in [-0.2, -0.15) is 0 Å². The van der Waals surface area contributed by atoms with Crippen molar-refractivity contribution in [3.05, 3.63) is 65.0 Å². The van der Waals surface area contributed by atoms with Gasteiger partial charge < -0.3 is 4.74 Å². The van der Waals surface area contributed by atoms with Gasteiger partial charge in [0.25, 0.3) is 0 Å². The number of hydrogen-bond acceptors (Lipinski definition) is 2. The van der Waals surface area contributed by atoms with Crippen molar-refractivity contribution in [1.29, 1.82) is 0 Å². The van der Waals surface area contributed by atoms with Gasteiger partial charge in [0, 0.05) is 11.1 Å². The number of benzene rings is 2. The quantitative estimate of drug-likeness (QED) is 0.780. The molecule has 0 heterocycles. The predicted molar refractivity (Wildman–Crippen MR) is 76.9 cm³/mol. The summed E-state index contributed by atoms with van der Waals surface area (Å²) in [6.07, 6.45) is 0. The van der Waals surface area contributed by atoms with E-state index in [2.05, 4.69) is 13.8 Å². The average Bonchev–Trinajstić information content (AvgIpc) is 2.46. The van der Waals surface area contributed by atoms with Gasteiger partial charge in [0.05, 0.1) is 7.11 Å². The molecule has 2 aromatic carbocycles. The van der Waals surface area contributed by atoms with Crippen LogP contribution in [0.2, 0.25) is 0 Å². The lowest BCUT2D eigenvalue weighted by Gasteiger charge is -2.07. The molecule has 0 atom stereocenters. The Morgan fingerprint density at radius 3 is 2.15 bits per heavy atom. The first kappa shape index (κ1) is 14.3. The summed E-state index contributed by atoms with van der Waals surface area (Å²) in [7, 11) is 1.39. The smallest absolute Gasteiger partial charge is 0.193 e. The number of carbonyl (C=O) groups excluding carboxylic acids is 1. The van der Waals surface area contributed by atoms with E-state index >= 15 is 0 Å². The van der Waals surface area contributed by atoms with E-state index in [-0.39, 0.29) is 11.5 Å². The Labute approximate surface area is 118 Å². The van der Waals surface area contributed by atoms with E-state index in [0.717, 1.165) is 0 Å². The van der Waals surface area contributed by atoms with E-state index in [9.17, 15) is 9.18 Å². The fraction of sp³-hybridized carbons (Fsp3) is 0.235. The highest BCUT2D eigenvalue weighted by Crippen LogP contribution is 2.21. The van der Waals surface area contributed by atoms with Crippen LogP contribution in [0.3, 0.4) is 0 Å². The second-order valence-corrected chi connectivity index (χ2v) is 4.96. The maximum Gasteiger partial charge on any atom is 0.193 e. The highest BCUT2D eigenvalue weighted by molar-refractivity contribution is 6.09. The first-order valence-corrected chi connectivity index (χ1v) is 6.51. The molecule has 2 rings (SSSR count). The van der Waals surface area contributed by atoms with Crippen LogP contribution >= 0.6 is 0 Å². The van der Waals surface area contributed by atoms with Gasteiger partial charge in [-0.25, -0.2) is 4.39 Å². The third kappa shape index (κ3) is 2.87. The first-order valence-electron chi connectivity index (χ1n) is 6.51. The molecular formula is C17H17FO2. The normalized spacial score (nSPS) is 10.7. The summed E-state index contributed by atoms with van der Waals surface area (Å²) in [5.74, 6) is -0.173. The van der Waals surface area contributed by atoms with Crippen LogP contribution in [-0.2, 0) is 0 Å². The molecule has 0 radical (unpaired) electrons. The SMILES string of the molecule is COc1ccc(C(=O)c2ccc(C(C)C)cc2)cc1F. The van der Waals surface area contributed by atoms with Gasteiger partial charge in [0.2, 0.25) is 0 Å². The van der Waals surface area contributed by atoms with Gasteiger partial charge in [0.15, 0.2) is 17.3 Å². The number of hydrogen-bond donors (Lipinski definition) is 0. The zero-order chi connectivity index (χ0) is 14.7. The van der Waals surface area contributed by atoms with Gasteiger partial charge in [0.1, 0.15) is 0 Å². The molecule has 0 N–H and O–H groups in total. The minimum Gasteiger partial charge on any atom is -0.494 e. The molecule has 0 saturated carbocycles. The maximum absolute atomic E-state index is 13.6. The van der Waals surface area contributed by atoms with Crippen molar-refractivity contribution in [1.82, 2.24) is 0 Å². The molecule has 0 aromatic heterocycles. The van der Waals surface area contributed by atoms with Gasteiger partial charge in [-0.3, -0.25) is 4.79 Å². The van der Waals surface area contributed by atoms with E-state index in [0.29, 0.717) is 17.0 Å². The van der Waals surface area contributed by atoms with Crippen LogP contribution in [-0.4, -0.2) is 12.9 Å². The predicted octanol–water partition coefficient (Wildman–Crippen LogP) is 4.19. The molecule has 3 heteroatoms. The molecule has 0 amide bonds. The van der Waals surface area contributed by atoms with Crippen LogP contribution in [0.15, 0.2) is 42.5 Å². The fourth-order valence-electron chi connectivity index (χ4n) is 1.99. The Morgan fingerprint density at radius 1 is 1.05 bits per heavy atom. The number of methoxy groups -OCH3 is 1. The molecule has 0 aliphatic carbocycles. The average molecular weight is 272 g/mol. The topological polar surface area (TPSA) is 26.3 Å². The summed E-state index contributed by atoms with van der Waals surface area (Å²) >= 11 is 0. The lowest BCUT2D eigenvalue weighted by Crippen LogP contribution is -2.03. The summed E-state index contributed by atoms with van der Waals surface area (Å²) < 4.78 is 18.5. The number of ether oxygens (including phenoxy) is 1. The van der Waals surface area contributed by atoms with Crippen LogP contribution in [0.1, 0.15) is 41.3 Å². The van der Waals surface area contributed by atoms with Crippen LogP contribution in [0, 0.1) is 5.82 Å². The van der Waals surface area contributed by atoms with Crippen molar-refractivity contribution < 1.29 is 13.9 Å². The van der Waals surface area contributed by atoms with E-state index in [1.807, 2.05) is 12.1 Å². The van der Waals surface area contributed by atoms with Crippen molar-refractivity contribution in [2.24, 2.45) is 0 Å². The number of carbonyl (C=O) groups is 1. The van der Waals surface area contributed by atoms with Gasteiger partial charge in [-0.05, 0) is 29.7 Å². The fourth-order valence-corrected chi connectivity index (χ4v) is 1.99. The van der Waals surface area contributed by atoms with Gasteiger partial charge in [-0.1, -0.05) is 38.1 Å². The van der Waals surface area contributed by atoms with Gasteiger partial charge in [-0.15, -0.1) is 0 Å². The number of ketones is 1. The third-order valence-corrected chi connectivity index (χ3v) is 3.25. The Bertz CT molecular complexity index is 615. The lowest BCUT2D eigenvalue weighted by molar-refractivity contribution is 0.103. The summed E-state index contributed by atoms with van der Waals surface area (Å²) in [5.41, 5.74) is 2.04. The van der Waals surface area contributed by atoms with Crippen LogP contribution in [0.5, 0.6) is 5.75 Å². The Kier molecular flexibility index (Phi) is 4.18. The maximum atomic E-state index is 13.6. The minimum atomic E-state index is -0.530. The molecule has 2 aromatic rings. The van der Waals surface area contributed by atoms with Crippen molar-refractivity contribution in [2.75, 3.05) is 7.11 Å². The van der Waals surface area contributed by atoms with E-state index in [4.69, 9.17) is 4.74 Å². The summed E-state index contributed by atoms with van der Waals surface area (Å²) in [6, 6.07) is 11.7. The second-order valence-electron chi connectivity index (χ2n) is 4.96. The van der Waals surface area contributed by atoms with Crippen molar-refractivity contribution in [3.8, 4) is 5.75 Å². The molecule has 0 unspecified atom stereocenters. The Balaban J connectivity index is 2.29. The second kappa shape index (κ2) is 5.87. The summed E-state index contributed by atoms with van der Waals surface area (Å²) in [5, 5.41) is 0. The Hall–Kier alpha value is -2.16. The van der Waals surface area contributed by atoms with Crippen molar-refractivity contribution in [2.45, 2.75) is 19.8 Å². The van der Waals surface area contributed by atoms with Crippen LogP contribution < -0.4 is 4.74 Å². The molecule has 0 aliphatic heterocycles. The summed E-state index contributed by atoms with van der Waals surface area (Å²) in [6.45, 7) is 4.19.